The number of phenolic OH excluding ortho intramolecular Hbond substituents is 2. The second kappa shape index (κ2) is 13.0. The molecule has 13 heteroatoms. The van der Waals surface area contributed by atoms with Crippen LogP contribution in [0, 0.1) is 5.92 Å². The summed E-state index contributed by atoms with van der Waals surface area (Å²) in [5, 5.41) is 58.8. The van der Waals surface area contributed by atoms with Gasteiger partial charge in [0.25, 0.3) is 0 Å². The van der Waals surface area contributed by atoms with Crippen molar-refractivity contribution < 1.29 is 63.9 Å². The minimum atomic E-state index is -1.69. The first kappa shape index (κ1) is 29.4. The predicted molar refractivity (Wildman–Crippen MR) is 126 cm³/mol. The van der Waals surface area contributed by atoms with Crippen LogP contribution in [0.3, 0.4) is 0 Å². The molecule has 0 aliphatic carbocycles. The number of aromatic hydroxyl groups is 2. The van der Waals surface area contributed by atoms with Crippen molar-refractivity contribution in [2.24, 2.45) is 5.92 Å². The molecule has 13 nitrogen and oxygen atoms in total. The number of esters is 2. The monoisotopic (exact) mass is 540 g/mol. The Bertz CT molecular complexity index is 1050. The lowest BCUT2D eigenvalue weighted by molar-refractivity contribution is -0.327. The van der Waals surface area contributed by atoms with Crippen LogP contribution in [0.2, 0.25) is 0 Å². The molecule has 0 spiro atoms. The highest BCUT2D eigenvalue weighted by atomic mass is 16.8. The molecule has 0 bridgehead atoms. The Morgan fingerprint density at radius 1 is 1.08 bits per heavy atom. The molecule has 1 fully saturated rings. The Balaban J connectivity index is 1.71. The lowest BCUT2D eigenvalue weighted by Crippen LogP contribution is -2.60. The summed E-state index contributed by atoms with van der Waals surface area (Å²) in [4.78, 5) is 25.1. The van der Waals surface area contributed by atoms with E-state index in [4.69, 9.17) is 23.7 Å². The highest BCUT2D eigenvalue weighted by Crippen LogP contribution is 2.36. The molecule has 0 saturated carbocycles. The number of carbonyl (C=O) groups is 2. The summed E-state index contributed by atoms with van der Waals surface area (Å²) in [6, 6.07) is 4.23. The standard InChI is InChI=1S/C25H32O13/c1-3-13-14(9-19(29)35-7-6-12-4-5-16(27)17(28)8-12)15(23(33)34-2)11-36-24(13)38-25-22(32)21(31)20(30)18(10-26)37-25/h3-5,8,11,14,18,20-22,24-28,30-32H,6-7,9-10H2,1-2H3/b13-3-/t14-,18-,20-,21+,22-,24+,25+/m0/s1. The first-order valence-electron chi connectivity index (χ1n) is 11.8. The Hall–Kier alpha value is -3.20. The summed E-state index contributed by atoms with van der Waals surface area (Å²) in [5.74, 6) is -2.89. The molecule has 1 aromatic rings. The average molecular weight is 541 g/mol. The highest BCUT2D eigenvalue weighted by molar-refractivity contribution is 5.90. The van der Waals surface area contributed by atoms with Crippen molar-refractivity contribution in [3.8, 4) is 11.5 Å². The van der Waals surface area contributed by atoms with Crippen molar-refractivity contribution in [2.75, 3.05) is 20.3 Å². The summed E-state index contributed by atoms with van der Waals surface area (Å²) in [6.45, 7) is 0.912. The van der Waals surface area contributed by atoms with E-state index in [1.807, 2.05) is 0 Å². The van der Waals surface area contributed by atoms with Crippen LogP contribution in [0.15, 0.2) is 41.7 Å². The van der Waals surface area contributed by atoms with Crippen LogP contribution in [0.1, 0.15) is 18.9 Å². The Kier molecular flexibility index (Phi) is 10.1. The van der Waals surface area contributed by atoms with Gasteiger partial charge in [0.1, 0.15) is 24.4 Å². The van der Waals surface area contributed by atoms with Crippen LogP contribution in [0.4, 0.5) is 0 Å². The normalized spacial score (nSPS) is 30.3. The topological polar surface area (TPSA) is 202 Å². The number of carbonyl (C=O) groups excluding carboxylic acids is 2. The summed E-state index contributed by atoms with van der Waals surface area (Å²) < 4.78 is 26.7. The SMILES string of the molecule is C/C=C1\[C@@H](O[C@H]2O[C@@H](CO)[C@H](O)[C@@H](O)[C@@H]2O)OC=C(C(=O)OC)[C@H]1CC(=O)OCCc1ccc(O)c(O)c1. The molecule has 2 aliphatic rings. The molecule has 0 amide bonds. The van der Waals surface area contributed by atoms with Gasteiger partial charge in [0.2, 0.25) is 6.29 Å². The fraction of sp³-hybridized carbons (Fsp3) is 0.520. The van der Waals surface area contributed by atoms with E-state index in [0.717, 1.165) is 13.4 Å². The van der Waals surface area contributed by atoms with E-state index in [0.29, 0.717) is 11.1 Å². The van der Waals surface area contributed by atoms with Crippen molar-refractivity contribution in [1.29, 1.82) is 0 Å². The molecule has 38 heavy (non-hydrogen) atoms. The summed E-state index contributed by atoms with van der Waals surface area (Å²) in [5.41, 5.74) is 0.927. The number of allylic oxidation sites excluding steroid dienone is 1. The molecule has 0 radical (unpaired) electrons. The minimum Gasteiger partial charge on any atom is -0.504 e. The minimum absolute atomic E-state index is 0.00894. The van der Waals surface area contributed by atoms with Crippen molar-refractivity contribution >= 4 is 11.9 Å². The zero-order valence-corrected chi connectivity index (χ0v) is 20.8. The van der Waals surface area contributed by atoms with E-state index in [-0.39, 0.29) is 36.5 Å². The number of benzene rings is 1. The summed E-state index contributed by atoms with van der Waals surface area (Å²) in [7, 11) is 1.16. The van der Waals surface area contributed by atoms with Gasteiger partial charge in [0.05, 0.1) is 38.6 Å². The largest absolute Gasteiger partial charge is 0.504 e. The van der Waals surface area contributed by atoms with Gasteiger partial charge >= 0.3 is 11.9 Å². The molecule has 7 atom stereocenters. The van der Waals surface area contributed by atoms with Gasteiger partial charge in [-0.2, -0.15) is 0 Å². The molecule has 2 heterocycles. The number of ether oxygens (including phenoxy) is 5. The average Bonchev–Trinajstić information content (AvgIpc) is 2.90. The molecular formula is C25H32O13. The van der Waals surface area contributed by atoms with Gasteiger partial charge in [-0.1, -0.05) is 12.1 Å². The maximum Gasteiger partial charge on any atom is 0.337 e. The van der Waals surface area contributed by atoms with Crippen molar-refractivity contribution in [2.45, 2.75) is 56.8 Å². The van der Waals surface area contributed by atoms with E-state index >= 15 is 0 Å². The van der Waals surface area contributed by atoms with Crippen molar-refractivity contribution in [3.05, 3.63) is 47.2 Å². The van der Waals surface area contributed by atoms with E-state index in [1.165, 1.54) is 12.1 Å². The van der Waals surface area contributed by atoms with Crippen LogP contribution in [-0.2, 0) is 39.7 Å². The highest BCUT2D eigenvalue weighted by Gasteiger charge is 2.46. The van der Waals surface area contributed by atoms with Crippen molar-refractivity contribution in [1.82, 2.24) is 0 Å². The van der Waals surface area contributed by atoms with Gasteiger partial charge in [-0.15, -0.1) is 0 Å². The van der Waals surface area contributed by atoms with Gasteiger partial charge in [-0.25, -0.2) is 4.79 Å². The maximum atomic E-state index is 12.7. The zero-order valence-electron chi connectivity index (χ0n) is 20.8. The summed E-state index contributed by atoms with van der Waals surface area (Å²) >= 11 is 0. The van der Waals surface area contributed by atoms with Crippen LogP contribution >= 0.6 is 0 Å². The first-order chi connectivity index (χ1) is 18.1. The van der Waals surface area contributed by atoms with Gasteiger partial charge < -0.3 is 54.3 Å². The molecule has 6 N–H and O–H groups in total. The number of hydrogen-bond donors (Lipinski definition) is 6. The molecule has 0 aromatic heterocycles. The Morgan fingerprint density at radius 3 is 2.45 bits per heavy atom. The number of aliphatic hydroxyl groups excluding tert-OH is 4. The molecule has 0 unspecified atom stereocenters. The number of hydrogen-bond acceptors (Lipinski definition) is 13. The second-order valence-corrected chi connectivity index (χ2v) is 8.71. The number of aliphatic hydroxyl groups is 4. The molecule has 210 valence electrons. The van der Waals surface area contributed by atoms with E-state index in [1.54, 1.807) is 19.1 Å². The molecule has 2 aliphatic heterocycles. The number of methoxy groups -OCH3 is 1. The lowest BCUT2D eigenvalue weighted by atomic mass is 9.86. The van der Waals surface area contributed by atoms with E-state index in [9.17, 15) is 40.2 Å². The molecule has 3 rings (SSSR count). The number of rotatable bonds is 9. The smallest absolute Gasteiger partial charge is 0.337 e. The number of phenols is 2. The third-order valence-electron chi connectivity index (χ3n) is 6.29. The third-order valence-corrected chi connectivity index (χ3v) is 6.29. The van der Waals surface area contributed by atoms with Gasteiger partial charge in [-0.05, 0) is 24.6 Å². The van der Waals surface area contributed by atoms with Crippen LogP contribution in [0.25, 0.3) is 0 Å². The first-order valence-corrected chi connectivity index (χ1v) is 11.8. The predicted octanol–water partition coefficient (Wildman–Crippen LogP) is -0.634. The van der Waals surface area contributed by atoms with Crippen LogP contribution in [0.5, 0.6) is 11.5 Å². The molecular weight excluding hydrogens is 508 g/mol. The van der Waals surface area contributed by atoms with Crippen LogP contribution < -0.4 is 0 Å². The Labute approximate surface area is 218 Å². The van der Waals surface area contributed by atoms with Gasteiger partial charge in [0.15, 0.2) is 17.8 Å². The van der Waals surface area contributed by atoms with E-state index in [2.05, 4.69) is 0 Å². The maximum absolute atomic E-state index is 12.7. The fourth-order valence-electron chi connectivity index (χ4n) is 4.16. The summed E-state index contributed by atoms with van der Waals surface area (Å²) in [6.07, 6.45) is -6.39. The second-order valence-electron chi connectivity index (χ2n) is 8.71. The fourth-order valence-corrected chi connectivity index (χ4v) is 4.16. The molecule has 1 saturated heterocycles. The Morgan fingerprint density at radius 2 is 1.82 bits per heavy atom. The van der Waals surface area contributed by atoms with Gasteiger partial charge in [-0.3, -0.25) is 4.79 Å². The third kappa shape index (κ3) is 6.62. The van der Waals surface area contributed by atoms with Gasteiger partial charge in [0, 0.05) is 17.9 Å². The van der Waals surface area contributed by atoms with Crippen LogP contribution in [-0.4, -0.2) is 99.9 Å². The lowest BCUT2D eigenvalue weighted by Gasteiger charge is -2.41. The van der Waals surface area contributed by atoms with Crippen molar-refractivity contribution in [3.63, 3.8) is 0 Å². The van der Waals surface area contributed by atoms with E-state index < -0.39 is 61.5 Å². The zero-order chi connectivity index (χ0) is 28.0. The quantitative estimate of drug-likeness (QED) is 0.131. The molecule has 1 aromatic carbocycles.